The van der Waals surface area contributed by atoms with Crippen LogP contribution >= 0.6 is 11.6 Å². The van der Waals surface area contributed by atoms with E-state index in [1.165, 1.54) is 16.4 Å². The second-order valence-electron chi connectivity index (χ2n) is 9.43. The monoisotopic (exact) mass is 526 g/mol. The van der Waals surface area contributed by atoms with Crippen LogP contribution in [0.1, 0.15) is 26.3 Å². The fraction of sp³-hybridized carbons (Fsp3) is 0.458. The van der Waals surface area contributed by atoms with Crippen molar-refractivity contribution in [3.63, 3.8) is 0 Å². The Bertz CT molecular complexity index is 1230. The van der Waals surface area contributed by atoms with Gasteiger partial charge in [0.25, 0.3) is 0 Å². The number of hydrogen-bond acceptors (Lipinski definition) is 6. The van der Waals surface area contributed by atoms with E-state index in [-0.39, 0.29) is 43.8 Å². The Labute approximate surface area is 209 Å². The molecule has 0 bridgehead atoms. The van der Waals surface area contributed by atoms with Gasteiger partial charge in [0.1, 0.15) is 28.2 Å². The van der Waals surface area contributed by atoms with Gasteiger partial charge in [-0.3, -0.25) is 0 Å². The number of fused-ring (bicyclic) bond motifs is 1. The highest BCUT2D eigenvalue weighted by atomic mass is 35.5. The highest BCUT2D eigenvalue weighted by Gasteiger charge is 2.30. The Morgan fingerprint density at radius 2 is 1.91 bits per heavy atom. The molecule has 35 heavy (non-hydrogen) atoms. The molecule has 1 N–H and O–H groups in total. The molecule has 2 aromatic rings. The molecule has 0 radical (unpaired) electrons. The largest absolute Gasteiger partial charge is 0.486 e. The summed E-state index contributed by atoms with van der Waals surface area (Å²) in [5.74, 6) is -0.307. The van der Waals surface area contributed by atoms with Crippen LogP contribution < -0.4 is 10.1 Å². The topological polar surface area (TPSA) is 94.2 Å². The van der Waals surface area contributed by atoms with Crippen LogP contribution in [-0.4, -0.2) is 63.4 Å². The molecule has 1 atom stereocenters. The Morgan fingerprint density at radius 3 is 2.60 bits per heavy atom. The number of ether oxygens (including phenoxy) is 3. The molecule has 1 unspecified atom stereocenters. The van der Waals surface area contributed by atoms with Gasteiger partial charge >= 0.3 is 6.09 Å². The maximum atomic E-state index is 14.6. The van der Waals surface area contributed by atoms with Crippen molar-refractivity contribution in [1.82, 2.24) is 9.62 Å². The lowest BCUT2D eigenvalue weighted by molar-refractivity contribution is 0.0506. The molecule has 1 fully saturated rings. The third kappa shape index (κ3) is 5.88. The Hall–Kier alpha value is -2.40. The van der Waals surface area contributed by atoms with Crippen molar-refractivity contribution < 1.29 is 31.8 Å². The summed E-state index contributed by atoms with van der Waals surface area (Å²) in [6.45, 7) is 6.46. The smallest absolute Gasteiger partial charge is 0.407 e. The molecule has 2 aliphatic heterocycles. The van der Waals surface area contributed by atoms with E-state index in [2.05, 4.69) is 5.32 Å². The minimum absolute atomic E-state index is 0.173. The standard InChI is InChI=1S/C24H28ClFN2O6S/c1-24(2,3)34-23(29)27-14-18-11-17-10-16(12-19(25)22(17)33-18)15-4-5-20(26)21(13-15)35(30,31)28-6-8-32-9-7-28/h4-5,10,12-13,18H,6-9,11,14H2,1-3H3,(H,27,29). The number of nitrogens with one attached hydrogen (secondary N) is 1. The van der Waals surface area contributed by atoms with Gasteiger partial charge in [-0.15, -0.1) is 0 Å². The molecule has 1 saturated heterocycles. The van der Waals surface area contributed by atoms with Crippen LogP contribution in [0.25, 0.3) is 11.1 Å². The maximum Gasteiger partial charge on any atom is 0.407 e. The fourth-order valence-electron chi connectivity index (χ4n) is 3.99. The van der Waals surface area contributed by atoms with Gasteiger partial charge in [0, 0.05) is 25.1 Å². The third-order valence-electron chi connectivity index (χ3n) is 5.58. The first-order chi connectivity index (χ1) is 16.4. The Balaban J connectivity index is 1.53. The highest BCUT2D eigenvalue weighted by Crippen LogP contribution is 2.40. The summed E-state index contributed by atoms with van der Waals surface area (Å²) in [6.07, 6.45) is -0.390. The van der Waals surface area contributed by atoms with Crippen LogP contribution in [0.3, 0.4) is 0 Å². The maximum absolute atomic E-state index is 14.6. The van der Waals surface area contributed by atoms with Gasteiger partial charge in [0.15, 0.2) is 0 Å². The average molecular weight is 527 g/mol. The van der Waals surface area contributed by atoms with E-state index in [0.29, 0.717) is 28.3 Å². The molecule has 4 rings (SSSR count). The fourth-order valence-corrected chi connectivity index (χ4v) is 5.77. The quantitative estimate of drug-likeness (QED) is 0.633. The van der Waals surface area contributed by atoms with Gasteiger partial charge in [-0.1, -0.05) is 17.7 Å². The van der Waals surface area contributed by atoms with Gasteiger partial charge in [-0.25, -0.2) is 17.6 Å². The zero-order chi connectivity index (χ0) is 25.4. The first-order valence-electron chi connectivity index (χ1n) is 11.3. The molecule has 2 aliphatic rings. The Kier molecular flexibility index (Phi) is 7.28. The average Bonchev–Trinajstić information content (AvgIpc) is 3.21. The molecule has 0 aliphatic carbocycles. The summed E-state index contributed by atoms with van der Waals surface area (Å²) in [5, 5.41) is 3.04. The van der Waals surface area contributed by atoms with Gasteiger partial charge in [-0.2, -0.15) is 4.31 Å². The van der Waals surface area contributed by atoms with Crippen LogP contribution in [0.2, 0.25) is 5.02 Å². The zero-order valence-electron chi connectivity index (χ0n) is 19.8. The van der Waals surface area contributed by atoms with Crippen LogP contribution in [-0.2, 0) is 25.9 Å². The summed E-state index contributed by atoms with van der Waals surface area (Å²) >= 11 is 6.47. The lowest BCUT2D eigenvalue weighted by Gasteiger charge is -2.26. The Morgan fingerprint density at radius 1 is 1.20 bits per heavy atom. The highest BCUT2D eigenvalue weighted by molar-refractivity contribution is 7.89. The first kappa shape index (κ1) is 25.7. The van der Waals surface area contributed by atoms with Crippen molar-refractivity contribution >= 4 is 27.7 Å². The summed E-state index contributed by atoms with van der Waals surface area (Å²) in [6, 6.07) is 7.49. The minimum atomic E-state index is -4.01. The zero-order valence-corrected chi connectivity index (χ0v) is 21.3. The molecule has 8 nitrogen and oxygen atoms in total. The molecule has 0 saturated carbocycles. The molecule has 2 aromatic carbocycles. The lowest BCUT2D eigenvalue weighted by Crippen LogP contribution is -2.40. The van der Waals surface area contributed by atoms with Crippen LogP contribution in [0, 0.1) is 5.82 Å². The number of alkyl carbamates (subject to hydrolysis) is 1. The van der Waals surface area contributed by atoms with E-state index in [4.69, 9.17) is 25.8 Å². The minimum Gasteiger partial charge on any atom is -0.486 e. The van der Waals surface area contributed by atoms with Crippen LogP contribution in [0.5, 0.6) is 5.75 Å². The summed E-state index contributed by atoms with van der Waals surface area (Å²) in [5.41, 5.74) is 1.35. The number of morpholine rings is 1. The van der Waals surface area contributed by atoms with Crippen LogP contribution in [0.15, 0.2) is 35.2 Å². The molecule has 0 aromatic heterocycles. The van der Waals surface area contributed by atoms with Gasteiger partial charge < -0.3 is 19.5 Å². The van der Waals surface area contributed by atoms with Crippen molar-refractivity contribution in [2.75, 3.05) is 32.8 Å². The van der Waals surface area contributed by atoms with Crippen molar-refractivity contribution in [1.29, 1.82) is 0 Å². The third-order valence-corrected chi connectivity index (χ3v) is 7.77. The molecule has 190 valence electrons. The van der Waals surface area contributed by atoms with Crippen molar-refractivity contribution in [2.24, 2.45) is 0 Å². The van der Waals surface area contributed by atoms with E-state index >= 15 is 0 Å². The van der Waals surface area contributed by atoms with Crippen molar-refractivity contribution in [2.45, 2.75) is 43.8 Å². The van der Waals surface area contributed by atoms with Crippen LogP contribution in [0.4, 0.5) is 9.18 Å². The predicted molar refractivity (Wildman–Crippen MR) is 129 cm³/mol. The summed E-state index contributed by atoms with van der Waals surface area (Å²) in [4.78, 5) is 11.6. The number of amides is 1. The molecule has 2 heterocycles. The van der Waals surface area contributed by atoms with Crippen molar-refractivity contribution in [3.8, 4) is 16.9 Å². The summed E-state index contributed by atoms with van der Waals surface area (Å²) < 4.78 is 58.3. The molecule has 1 amide bonds. The number of sulfonamides is 1. The molecular formula is C24H28ClFN2O6S. The van der Waals surface area contributed by atoms with Gasteiger partial charge in [0.2, 0.25) is 10.0 Å². The molecule has 11 heteroatoms. The van der Waals surface area contributed by atoms with E-state index < -0.39 is 27.5 Å². The van der Waals surface area contributed by atoms with Crippen molar-refractivity contribution in [3.05, 3.63) is 46.7 Å². The SMILES string of the molecule is CC(C)(C)OC(=O)NCC1Cc2cc(-c3ccc(F)c(S(=O)(=O)N4CCOCC4)c3)cc(Cl)c2O1. The number of carbonyl (C=O) groups excluding carboxylic acids is 1. The number of carbonyl (C=O) groups is 1. The van der Waals surface area contributed by atoms with E-state index in [0.717, 1.165) is 11.6 Å². The molecular weight excluding hydrogens is 499 g/mol. The predicted octanol–water partition coefficient (Wildman–Crippen LogP) is 4.00. The van der Waals surface area contributed by atoms with E-state index in [1.54, 1.807) is 26.8 Å². The number of nitrogens with zero attached hydrogens (tertiary/aromatic N) is 1. The molecule has 0 spiro atoms. The van der Waals surface area contributed by atoms with E-state index in [1.807, 2.05) is 6.07 Å². The second kappa shape index (κ2) is 9.93. The number of hydrogen-bond donors (Lipinski definition) is 1. The normalized spacial score (nSPS) is 18.6. The number of halogens is 2. The van der Waals surface area contributed by atoms with Gasteiger partial charge in [0.05, 0.1) is 24.8 Å². The van der Waals surface area contributed by atoms with Gasteiger partial charge in [-0.05, 0) is 56.2 Å². The number of benzene rings is 2. The summed E-state index contributed by atoms with van der Waals surface area (Å²) in [7, 11) is -4.01. The first-order valence-corrected chi connectivity index (χ1v) is 13.1. The lowest BCUT2D eigenvalue weighted by atomic mass is 10.0. The number of rotatable bonds is 5. The second-order valence-corrected chi connectivity index (χ2v) is 11.7. The van der Waals surface area contributed by atoms with E-state index in [9.17, 15) is 17.6 Å².